The van der Waals surface area contributed by atoms with Crippen LogP contribution in [0, 0.1) is 5.92 Å². The van der Waals surface area contributed by atoms with Crippen LogP contribution in [0.1, 0.15) is 32.6 Å². The van der Waals surface area contributed by atoms with Crippen LogP contribution in [0.2, 0.25) is 0 Å². The van der Waals surface area contributed by atoms with Gasteiger partial charge in [0.25, 0.3) is 0 Å². The second-order valence-electron chi connectivity index (χ2n) is 6.32. The molecule has 7 nitrogen and oxygen atoms in total. The number of nitrogens with one attached hydrogen (secondary N) is 2. The second-order valence-corrected chi connectivity index (χ2v) is 8.16. The summed E-state index contributed by atoms with van der Waals surface area (Å²) in [4.78, 5) is 12.3. The van der Waals surface area contributed by atoms with Gasteiger partial charge in [-0.2, -0.15) is 0 Å². The molecule has 1 aliphatic heterocycles. The first-order valence-corrected chi connectivity index (χ1v) is 10.3. The minimum absolute atomic E-state index is 0.0992. The summed E-state index contributed by atoms with van der Waals surface area (Å²) in [5.74, 6) is -0.0105. The first-order chi connectivity index (χ1) is 11.9. The monoisotopic (exact) mass is 369 g/mol. The van der Waals surface area contributed by atoms with Gasteiger partial charge in [-0.1, -0.05) is 13.3 Å². The molecular formula is C17H27N3O4S. The Morgan fingerprint density at radius 1 is 1.24 bits per heavy atom. The number of hydrogen-bond acceptors (Lipinski definition) is 5. The molecule has 0 aliphatic carbocycles. The molecule has 1 heterocycles. The normalized spacial score (nSPS) is 17.0. The van der Waals surface area contributed by atoms with Crippen LogP contribution in [0.25, 0.3) is 0 Å². The highest BCUT2D eigenvalue weighted by molar-refractivity contribution is 7.92. The van der Waals surface area contributed by atoms with E-state index in [0.29, 0.717) is 31.0 Å². The number of carbonyl (C=O) groups excluding carboxylic acids is 1. The zero-order chi connectivity index (χ0) is 18.3. The number of rotatable bonds is 8. The Morgan fingerprint density at radius 3 is 2.44 bits per heavy atom. The average Bonchev–Trinajstić information content (AvgIpc) is 2.61. The van der Waals surface area contributed by atoms with Gasteiger partial charge in [-0.15, -0.1) is 0 Å². The van der Waals surface area contributed by atoms with Crippen LogP contribution < -0.4 is 15.8 Å². The number of ether oxygens (including phenoxy) is 1. The number of amides is 1. The Bertz CT molecular complexity index is 655. The van der Waals surface area contributed by atoms with Gasteiger partial charge in [-0.3, -0.25) is 9.52 Å². The number of carbonyl (C=O) groups is 1. The lowest BCUT2D eigenvalue weighted by Crippen LogP contribution is -2.43. The highest BCUT2D eigenvalue weighted by Gasteiger charge is 2.26. The van der Waals surface area contributed by atoms with Crippen molar-refractivity contribution in [1.82, 2.24) is 0 Å². The second kappa shape index (κ2) is 9.17. The molecule has 25 heavy (non-hydrogen) atoms. The molecule has 0 aromatic heterocycles. The summed E-state index contributed by atoms with van der Waals surface area (Å²) in [5, 5.41) is 2.78. The van der Waals surface area contributed by atoms with Gasteiger partial charge >= 0.3 is 0 Å². The topological polar surface area (TPSA) is 111 Å². The summed E-state index contributed by atoms with van der Waals surface area (Å²) in [6, 6.07) is 5.99. The predicted molar refractivity (Wildman–Crippen MR) is 98.9 cm³/mol. The van der Waals surface area contributed by atoms with Gasteiger partial charge in [0.2, 0.25) is 15.9 Å². The van der Waals surface area contributed by atoms with Gasteiger partial charge in [-0.25, -0.2) is 8.42 Å². The molecule has 0 spiro atoms. The molecule has 1 aromatic carbocycles. The maximum absolute atomic E-state index is 12.3. The maximum Gasteiger partial charge on any atom is 0.241 e. The van der Waals surface area contributed by atoms with E-state index in [0.717, 1.165) is 19.3 Å². The van der Waals surface area contributed by atoms with E-state index in [1.807, 2.05) is 6.92 Å². The van der Waals surface area contributed by atoms with Crippen LogP contribution >= 0.6 is 0 Å². The van der Waals surface area contributed by atoms with Gasteiger partial charge in [0, 0.05) is 24.6 Å². The standard InChI is InChI=1S/C17H27N3O4S/c1-2-3-12-25(22,23)20-15-6-4-14(5-7-15)19-17(21)16(18)13-8-10-24-11-9-13/h4-7,13,16,20H,2-3,8-12,18H2,1H3,(H,19,21). The number of hydrogen-bond donors (Lipinski definition) is 3. The molecule has 0 saturated carbocycles. The van der Waals surface area contributed by atoms with Gasteiger partial charge < -0.3 is 15.8 Å². The number of anilines is 2. The molecule has 1 unspecified atom stereocenters. The molecule has 1 atom stereocenters. The number of nitrogens with two attached hydrogens (primary N) is 1. The van der Waals surface area contributed by atoms with Crippen LogP contribution in [-0.4, -0.2) is 39.3 Å². The van der Waals surface area contributed by atoms with Crippen LogP contribution in [0.4, 0.5) is 11.4 Å². The van der Waals surface area contributed by atoms with E-state index in [9.17, 15) is 13.2 Å². The van der Waals surface area contributed by atoms with Crippen LogP contribution in [0.5, 0.6) is 0 Å². The highest BCUT2D eigenvalue weighted by Crippen LogP contribution is 2.20. The van der Waals surface area contributed by atoms with E-state index < -0.39 is 16.1 Å². The van der Waals surface area contributed by atoms with Gasteiger partial charge in [0.05, 0.1) is 11.8 Å². The minimum atomic E-state index is -3.33. The molecule has 4 N–H and O–H groups in total. The Kier molecular flexibility index (Phi) is 7.22. The molecule has 1 amide bonds. The third kappa shape index (κ3) is 6.30. The predicted octanol–water partition coefficient (Wildman–Crippen LogP) is 1.92. The molecule has 1 fully saturated rings. The summed E-state index contributed by atoms with van der Waals surface area (Å²) in [5.41, 5.74) is 7.10. The minimum Gasteiger partial charge on any atom is -0.381 e. The summed E-state index contributed by atoms with van der Waals surface area (Å²) >= 11 is 0. The summed E-state index contributed by atoms with van der Waals surface area (Å²) in [6.45, 7) is 3.22. The Morgan fingerprint density at radius 2 is 1.84 bits per heavy atom. The third-order valence-corrected chi connectivity index (χ3v) is 5.64. The van der Waals surface area contributed by atoms with Crippen molar-refractivity contribution in [3.8, 4) is 0 Å². The van der Waals surface area contributed by atoms with Crippen LogP contribution in [-0.2, 0) is 19.6 Å². The first kappa shape index (κ1) is 19.7. The van der Waals surface area contributed by atoms with Crippen molar-refractivity contribution in [2.45, 2.75) is 38.6 Å². The quantitative estimate of drug-likeness (QED) is 0.648. The van der Waals surface area contributed by atoms with E-state index >= 15 is 0 Å². The molecule has 1 aromatic rings. The fraction of sp³-hybridized carbons (Fsp3) is 0.588. The maximum atomic E-state index is 12.3. The summed E-state index contributed by atoms with van der Waals surface area (Å²) in [6.07, 6.45) is 3.01. The molecule has 1 saturated heterocycles. The van der Waals surface area contributed by atoms with Crippen molar-refractivity contribution >= 4 is 27.3 Å². The smallest absolute Gasteiger partial charge is 0.241 e. The number of benzene rings is 1. The van der Waals surface area contributed by atoms with Crippen molar-refractivity contribution < 1.29 is 17.9 Å². The van der Waals surface area contributed by atoms with E-state index in [4.69, 9.17) is 10.5 Å². The lowest BCUT2D eigenvalue weighted by molar-refractivity contribution is -0.119. The van der Waals surface area contributed by atoms with Gasteiger partial charge in [-0.05, 0) is 49.4 Å². The molecule has 1 aliphatic rings. The molecule has 140 valence electrons. The fourth-order valence-corrected chi connectivity index (χ4v) is 3.97. The molecule has 2 rings (SSSR count). The Hall–Kier alpha value is -1.64. The van der Waals surface area contributed by atoms with Crippen molar-refractivity contribution in [1.29, 1.82) is 0 Å². The van der Waals surface area contributed by atoms with E-state index in [1.54, 1.807) is 24.3 Å². The summed E-state index contributed by atoms with van der Waals surface area (Å²) < 4.78 is 31.6. The highest BCUT2D eigenvalue weighted by atomic mass is 32.2. The molecule has 8 heteroatoms. The van der Waals surface area contributed by atoms with Crippen molar-refractivity contribution in [3.05, 3.63) is 24.3 Å². The first-order valence-electron chi connectivity index (χ1n) is 8.66. The van der Waals surface area contributed by atoms with Gasteiger partial charge in [0.15, 0.2) is 0 Å². The van der Waals surface area contributed by atoms with E-state index in [-0.39, 0.29) is 17.6 Å². The number of sulfonamides is 1. The fourth-order valence-electron chi connectivity index (χ4n) is 2.70. The van der Waals surface area contributed by atoms with Gasteiger partial charge in [0.1, 0.15) is 0 Å². The largest absolute Gasteiger partial charge is 0.381 e. The summed E-state index contributed by atoms with van der Waals surface area (Å²) in [7, 11) is -3.33. The Labute approximate surface area is 149 Å². The molecule has 0 bridgehead atoms. The van der Waals surface area contributed by atoms with Crippen molar-refractivity contribution in [2.75, 3.05) is 29.0 Å². The molecule has 0 radical (unpaired) electrons. The van der Waals surface area contributed by atoms with Crippen molar-refractivity contribution in [3.63, 3.8) is 0 Å². The van der Waals surface area contributed by atoms with Crippen LogP contribution in [0.15, 0.2) is 24.3 Å². The SMILES string of the molecule is CCCCS(=O)(=O)Nc1ccc(NC(=O)C(N)C2CCOCC2)cc1. The van der Waals surface area contributed by atoms with E-state index in [2.05, 4.69) is 10.0 Å². The average molecular weight is 369 g/mol. The van der Waals surface area contributed by atoms with Crippen molar-refractivity contribution in [2.24, 2.45) is 11.7 Å². The lowest BCUT2D eigenvalue weighted by Gasteiger charge is -2.26. The lowest BCUT2D eigenvalue weighted by atomic mass is 9.92. The zero-order valence-corrected chi connectivity index (χ0v) is 15.3. The third-order valence-electron chi connectivity index (χ3n) is 4.27. The number of unbranched alkanes of at least 4 members (excludes halogenated alkanes) is 1. The van der Waals surface area contributed by atoms with Crippen LogP contribution in [0.3, 0.4) is 0 Å². The molecular weight excluding hydrogens is 342 g/mol. The Balaban J connectivity index is 1.90. The van der Waals surface area contributed by atoms with E-state index in [1.165, 1.54) is 0 Å². The zero-order valence-electron chi connectivity index (χ0n) is 14.5.